The quantitative estimate of drug-likeness (QED) is 0.450. The van der Waals surface area contributed by atoms with E-state index in [1.54, 1.807) is 0 Å². The van der Waals surface area contributed by atoms with Crippen LogP contribution in [-0.4, -0.2) is 0 Å². The average molecular weight is 420 g/mol. The topological polar surface area (TPSA) is 0 Å². The number of hydrogen-bond acceptors (Lipinski definition) is 0. The van der Waals surface area contributed by atoms with Crippen LogP contribution in [0.3, 0.4) is 0 Å². The van der Waals surface area contributed by atoms with Gasteiger partial charge in [-0.15, -0.1) is 12.0 Å². The Labute approximate surface area is 171 Å². The van der Waals surface area contributed by atoms with Crippen molar-refractivity contribution in [2.75, 3.05) is 0 Å². The van der Waals surface area contributed by atoms with E-state index in [4.69, 9.17) is 0 Å². The Bertz CT molecular complexity index is 631. The molecule has 2 aromatic rings. The molecule has 2 aliphatic rings. The van der Waals surface area contributed by atoms with E-state index < -0.39 is 0 Å². The molecular weight excluding hydrogens is 402 g/mol. The van der Waals surface area contributed by atoms with Crippen LogP contribution in [-0.2, 0) is 32.6 Å². The first-order chi connectivity index (χ1) is 9.88. The van der Waals surface area contributed by atoms with Gasteiger partial charge < -0.3 is 24.8 Å². The summed E-state index contributed by atoms with van der Waals surface area (Å²) in [6, 6.07) is 18.1. The third-order valence-electron chi connectivity index (χ3n) is 3.76. The Hall–Kier alpha value is -0.617. The molecule has 0 radical (unpaired) electrons. The predicted octanol–water partition coefficient (Wildman–Crippen LogP) is -0.851. The average Bonchev–Trinajstić information content (AvgIpc) is 3.15. The minimum atomic E-state index is 0. The van der Waals surface area contributed by atoms with Crippen LogP contribution in [0.4, 0.5) is 0 Å². The maximum Gasteiger partial charge on any atom is 4.00 e. The zero-order chi connectivity index (χ0) is 13.8. The molecular formula is C20H18Cl2Zr. The van der Waals surface area contributed by atoms with Crippen molar-refractivity contribution in [2.24, 2.45) is 0 Å². The van der Waals surface area contributed by atoms with Gasteiger partial charge in [0.1, 0.15) is 0 Å². The summed E-state index contributed by atoms with van der Waals surface area (Å²) in [4.78, 5) is 0. The van der Waals surface area contributed by atoms with Crippen LogP contribution < -0.4 is 24.8 Å². The molecule has 0 atom stereocenters. The van der Waals surface area contributed by atoms with E-state index in [2.05, 4.69) is 67.6 Å². The largest absolute Gasteiger partial charge is 4.00 e. The summed E-state index contributed by atoms with van der Waals surface area (Å²) in [6.07, 6.45) is 10.7. The number of hydrogen-bond donors (Lipinski definition) is 0. The van der Waals surface area contributed by atoms with Gasteiger partial charge >= 0.3 is 26.2 Å². The van der Waals surface area contributed by atoms with Crippen LogP contribution in [0.2, 0.25) is 0 Å². The van der Waals surface area contributed by atoms with Gasteiger partial charge in [-0.2, -0.15) is 35.9 Å². The van der Waals surface area contributed by atoms with E-state index in [9.17, 15) is 0 Å². The van der Waals surface area contributed by atoms with Crippen LogP contribution in [0.5, 0.6) is 0 Å². The number of rotatable bonds is 1. The monoisotopic (exact) mass is 418 g/mol. The molecule has 0 N–H and O–H groups in total. The van der Waals surface area contributed by atoms with Crippen molar-refractivity contribution in [3.05, 3.63) is 83.5 Å². The van der Waals surface area contributed by atoms with Gasteiger partial charge in [0.2, 0.25) is 0 Å². The van der Waals surface area contributed by atoms with Crippen molar-refractivity contribution >= 4 is 0 Å². The van der Waals surface area contributed by atoms with Gasteiger partial charge in [-0.25, -0.2) is 11.6 Å². The van der Waals surface area contributed by atoms with Crippen molar-refractivity contribution in [1.82, 2.24) is 0 Å². The standard InChI is InChI=1S/C13H9.C7H9.2ClH.Zr/c1-3-7-12-10(5-1)9-11-6-2-4-8-13(11)12;1-2-7-5-3-4-6-7;;;/h1-5,7-8H,9H2;3,5H,2,4H2,1H3;2*1H;/q2*-1;;;+4/p-2. The first-order valence-corrected chi connectivity index (χ1v) is 7.22. The molecule has 0 aromatic heterocycles. The molecule has 0 nitrogen and oxygen atoms in total. The van der Waals surface area contributed by atoms with Gasteiger partial charge in [0.15, 0.2) is 0 Å². The van der Waals surface area contributed by atoms with Crippen molar-refractivity contribution in [3.8, 4) is 11.1 Å². The van der Waals surface area contributed by atoms with Crippen LogP contribution >= 0.6 is 0 Å². The second-order valence-electron chi connectivity index (χ2n) is 5.06. The molecule has 0 aliphatic heterocycles. The summed E-state index contributed by atoms with van der Waals surface area (Å²) in [5, 5.41) is 0. The fourth-order valence-corrected chi connectivity index (χ4v) is 2.69. The second-order valence-corrected chi connectivity index (χ2v) is 5.06. The normalized spacial score (nSPS) is 12.3. The van der Waals surface area contributed by atoms with Gasteiger partial charge in [-0.05, 0) is 6.42 Å². The molecule has 4 rings (SSSR count). The summed E-state index contributed by atoms with van der Waals surface area (Å²) in [5.74, 6) is 0. The molecule has 0 unspecified atom stereocenters. The Balaban J connectivity index is 0.000000426. The molecule has 2 aromatic carbocycles. The zero-order valence-corrected chi connectivity index (χ0v) is 17.0. The minimum Gasteiger partial charge on any atom is -1.00 e. The molecule has 2 aliphatic carbocycles. The van der Waals surface area contributed by atoms with Gasteiger partial charge in [0.05, 0.1) is 0 Å². The first-order valence-electron chi connectivity index (χ1n) is 7.22. The summed E-state index contributed by atoms with van der Waals surface area (Å²) in [5.41, 5.74) is 6.87. The van der Waals surface area contributed by atoms with Gasteiger partial charge in [0.25, 0.3) is 0 Å². The maximum absolute atomic E-state index is 3.30. The maximum atomic E-state index is 3.30. The van der Waals surface area contributed by atoms with E-state index in [1.807, 2.05) is 6.07 Å². The van der Waals surface area contributed by atoms with E-state index in [1.165, 1.54) is 27.8 Å². The van der Waals surface area contributed by atoms with Crippen molar-refractivity contribution in [2.45, 2.75) is 26.2 Å². The molecule has 0 saturated carbocycles. The molecule has 116 valence electrons. The Morgan fingerprint density at radius 1 is 1.00 bits per heavy atom. The summed E-state index contributed by atoms with van der Waals surface area (Å²) in [6.45, 7) is 2.15. The Kier molecular flexibility index (Phi) is 10.7. The molecule has 0 bridgehead atoms. The van der Waals surface area contributed by atoms with E-state index in [0.29, 0.717) is 0 Å². The number of benzene rings is 2. The minimum absolute atomic E-state index is 0. The zero-order valence-electron chi connectivity index (χ0n) is 13.1. The van der Waals surface area contributed by atoms with Crippen LogP contribution in [0.15, 0.2) is 60.2 Å². The second kappa shape index (κ2) is 11.0. The predicted molar refractivity (Wildman–Crippen MR) is 84.3 cm³/mol. The fraction of sp³-hybridized carbons (Fsp3) is 0.200. The van der Waals surface area contributed by atoms with Crippen molar-refractivity contribution in [3.63, 3.8) is 0 Å². The van der Waals surface area contributed by atoms with Gasteiger partial charge in [-0.3, -0.25) is 6.08 Å². The molecule has 0 saturated heterocycles. The molecule has 0 spiro atoms. The summed E-state index contributed by atoms with van der Waals surface area (Å²) in [7, 11) is 0. The van der Waals surface area contributed by atoms with Crippen molar-refractivity contribution in [1.29, 1.82) is 0 Å². The molecule has 23 heavy (non-hydrogen) atoms. The Morgan fingerprint density at radius 2 is 1.74 bits per heavy atom. The third-order valence-corrected chi connectivity index (χ3v) is 3.76. The number of halogens is 2. The Morgan fingerprint density at radius 3 is 2.39 bits per heavy atom. The summed E-state index contributed by atoms with van der Waals surface area (Å²) >= 11 is 0. The summed E-state index contributed by atoms with van der Waals surface area (Å²) < 4.78 is 0. The van der Waals surface area contributed by atoms with Crippen LogP contribution in [0, 0.1) is 12.1 Å². The van der Waals surface area contributed by atoms with Crippen LogP contribution in [0.1, 0.15) is 30.9 Å². The van der Waals surface area contributed by atoms with E-state index in [0.717, 1.165) is 19.3 Å². The van der Waals surface area contributed by atoms with E-state index >= 15 is 0 Å². The van der Waals surface area contributed by atoms with Gasteiger partial charge in [0, 0.05) is 0 Å². The van der Waals surface area contributed by atoms with E-state index in [-0.39, 0.29) is 51.0 Å². The van der Waals surface area contributed by atoms with Crippen molar-refractivity contribution < 1.29 is 51.0 Å². The molecule has 0 amide bonds. The molecule has 3 heteroatoms. The molecule has 0 heterocycles. The third kappa shape index (κ3) is 5.45. The van der Waals surface area contributed by atoms with Gasteiger partial charge in [-0.1, -0.05) is 48.7 Å². The number of fused-ring (bicyclic) bond motifs is 3. The fourth-order valence-electron chi connectivity index (χ4n) is 2.69. The SMILES string of the molecule is CCC1=[C-]CC=C1.[Cl-].[Cl-].[Zr+4].[c-]1cccc2c1Cc1ccccc1-2. The first kappa shape index (κ1) is 22.4. The van der Waals surface area contributed by atoms with Crippen LogP contribution in [0.25, 0.3) is 11.1 Å². The molecule has 0 fully saturated rings. The number of allylic oxidation sites excluding steroid dienone is 4. The smallest absolute Gasteiger partial charge is 1.00 e.